The standard InChI is InChI=1S/C25H25N3O5/c1-17-22(26-24(33-17)19-6-4-3-5-7-19)16-32-21-11-8-18(9-12-21)14-28-15-20(10-13-23(29)30)25(27-28)31-2/h3-9,11-12,15H,10,13-14,16H2,1-2H3,(H,29,30). The van der Waals surface area contributed by atoms with Gasteiger partial charge in [-0.3, -0.25) is 9.48 Å². The van der Waals surface area contributed by atoms with Gasteiger partial charge in [0.2, 0.25) is 11.8 Å². The van der Waals surface area contributed by atoms with Gasteiger partial charge in [-0.15, -0.1) is 5.10 Å². The molecule has 2 aromatic carbocycles. The highest BCUT2D eigenvalue weighted by Gasteiger charge is 2.13. The molecule has 0 atom stereocenters. The molecule has 8 heteroatoms. The number of ether oxygens (including phenoxy) is 2. The van der Waals surface area contributed by atoms with E-state index in [9.17, 15) is 4.79 Å². The molecule has 33 heavy (non-hydrogen) atoms. The van der Waals surface area contributed by atoms with Crippen LogP contribution in [0.4, 0.5) is 0 Å². The summed E-state index contributed by atoms with van der Waals surface area (Å²) in [6.45, 7) is 2.72. The van der Waals surface area contributed by atoms with E-state index in [-0.39, 0.29) is 6.42 Å². The zero-order valence-corrected chi connectivity index (χ0v) is 18.5. The van der Waals surface area contributed by atoms with Gasteiger partial charge in [0.05, 0.1) is 13.7 Å². The molecule has 0 radical (unpaired) electrons. The van der Waals surface area contributed by atoms with Crippen molar-refractivity contribution in [1.82, 2.24) is 14.8 Å². The van der Waals surface area contributed by atoms with E-state index in [1.165, 1.54) is 7.11 Å². The lowest BCUT2D eigenvalue weighted by Crippen LogP contribution is -2.01. The Kier molecular flexibility index (Phi) is 6.73. The molecule has 170 valence electrons. The molecule has 2 aromatic heterocycles. The molecule has 0 unspecified atom stereocenters. The topological polar surface area (TPSA) is 99.6 Å². The van der Waals surface area contributed by atoms with E-state index in [2.05, 4.69) is 10.1 Å². The van der Waals surface area contributed by atoms with E-state index in [0.29, 0.717) is 31.3 Å². The first-order valence-electron chi connectivity index (χ1n) is 10.6. The Bertz CT molecular complexity index is 1210. The minimum atomic E-state index is -0.850. The highest BCUT2D eigenvalue weighted by atomic mass is 16.5. The van der Waals surface area contributed by atoms with Crippen LogP contribution < -0.4 is 9.47 Å². The first-order valence-corrected chi connectivity index (χ1v) is 10.6. The summed E-state index contributed by atoms with van der Waals surface area (Å²) in [5.41, 5.74) is 3.49. The van der Waals surface area contributed by atoms with Gasteiger partial charge < -0.3 is 19.0 Å². The van der Waals surface area contributed by atoms with Gasteiger partial charge in [0.15, 0.2) is 0 Å². The van der Waals surface area contributed by atoms with Crippen molar-refractivity contribution in [2.45, 2.75) is 32.9 Å². The molecule has 0 saturated carbocycles. The van der Waals surface area contributed by atoms with Crippen molar-refractivity contribution in [2.75, 3.05) is 7.11 Å². The second kappa shape index (κ2) is 10.0. The monoisotopic (exact) mass is 447 g/mol. The number of aliphatic carboxylic acids is 1. The minimum Gasteiger partial charge on any atom is -0.487 e. The van der Waals surface area contributed by atoms with Crippen LogP contribution in [-0.4, -0.2) is 33.0 Å². The number of nitrogens with zero attached hydrogens (tertiary/aromatic N) is 3. The lowest BCUT2D eigenvalue weighted by molar-refractivity contribution is -0.136. The van der Waals surface area contributed by atoms with Gasteiger partial charge in [-0.1, -0.05) is 30.3 Å². The zero-order chi connectivity index (χ0) is 23.2. The fraction of sp³-hybridized carbons (Fsp3) is 0.240. The lowest BCUT2D eigenvalue weighted by atomic mass is 10.2. The van der Waals surface area contributed by atoms with Crippen LogP contribution in [0, 0.1) is 6.92 Å². The van der Waals surface area contributed by atoms with Crippen LogP contribution in [0.2, 0.25) is 0 Å². The van der Waals surface area contributed by atoms with Crippen molar-refractivity contribution in [2.24, 2.45) is 0 Å². The van der Waals surface area contributed by atoms with Crippen molar-refractivity contribution < 1.29 is 23.8 Å². The molecule has 0 bridgehead atoms. The van der Waals surface area contributed by atoms with Crippen LogP contribution in [0.3, 0.4) is 0 Å². The molecule has 0 aliphatic carbocycles. The Morgan fingerprint density at radius 1 is 1.12 bits per heavy atom. The number of hydrogen-bond donors (Lipinski definition) is 1. The molecule has 4 aromatic rings. The third kappa shape index (κ3) is 5.60. The molecule has 0 aliphatic heterocycles. The highest BCUT2D eigenvalue weighted by Crippen LogP contribution is 2.23. The van der Waals surface area contributed by atoms with Crippen LogP contribution in [0.25, 0.3) is 11.5 Å². The summed E-state index contributed by atoms with van der Waals surface area (Å²) in [6.07, 6.45) is 2.23. The van der Waals surface area contributed by atoms with Crippen molar-refractivity contribution in [3.05, 3.63) is 83.4 Å². The van der Waals surface area contributed by atoms with Gasteiger partial charge in [-0.2, -0.15) is 0 Å². The Morgan fingerprint density at radius 2 is 1.88 bits per heavy atom. The smallest absolute Gasteiger partial charge is 0.303 e. The number of oxazole rings is 1. The Balaban J connectivity index is 1.36. The van der Waals surface area contributed by atoms with E-state index in [1.807, 2.05) is 67.7 Å². The fourth-order valence-corrected chi connectivity index (χ4v) is 3.41. The summed E-state index contributed by atoms with van der Waals surface area (Å²) < 4.78 is 18.7. The number of aromatic nitrogens is 3. The molecule has 4 rings (SSSR count). The Labute approximate surface area is 191 Å². The normalized spacial score (nSPS) is 10.8. The summed E-state index contributed by atoms with van der Waals surface area (Å²) in [4.78, 5) is 15.4. The Morgan fingerprint density at radius 3 is 2.58 bits per heavy atom. The number of rotatable bonds is 10. The average molecular weight is 447 g/mol. The number of methoxy groups -OCH3 is 1. The SMILES string of the molecule is COc1nn(Cc2ccc(OCc3nc(-c4ccccc4)oc3C)cc2)cc1CCC(=O)O. The van der Waals surface area contributed by atoms with Crippen molar-refractivity contribution in [1.29, 1.82) is 0 Å². The van der Waals surface area contributed by atoms with Gasteiger partial charge in [0, 0.05) is 23.7 Å². The van der Waals surface area contributed by atoms with Gasteiger partial charge in [-0.25, -0.2) is 4.98 Å². The quantitative estimate of drug-likeness (QED) is 0.382. The van der Waals surface area contributed by atoms with E-state index in [4.69, 9.17) is 19.0 Å². The number of aryl methyl sites for hydroxylation is 2. The van der Waals surface area contributed by atoms with Crippen molar-refractivity contribution in [3.63, 3.8) is 0 Å². The van der Waals surface area contributed by atoms with Gasteiger partial charge in [0.1, 0.15) is 23.8 Å². The zero-order valence-electron chi connectivity index (χ0n) is 18.5. The molecule has 2 heterocycles. The van der Waals surface area contributed by atoms with E-state index < -0.39 is 5.97 Å². The van der Waals surface area contributed by atoms with Crippen molar-refractivity contribution in [3.8, 4) is 23.1 Å². The van der Waals surface area contributed by atoms with Gasteiger partial charge in [-0.05, 0) is 43.2 Å². The van der Waals surface area contributed by atoms with Gasteiger partial charge >= 0.3 is 5.97 Å². The van der Waals surface area contributed by atoms with E-state index in [0.717, 1.165) is 33.9 Å². The molecule has 8 nitrogen and oxygen atoms in total. The van der Waals surface area contributed by atoms with E-state index >= 15 is 0 Å². The minimum absolute atomic E-state index is 0.0337. The van der Waals surface area contributed by atoms with Crippen LogP contribution in [0.1, 0.15) is 29.0 Å². The molecule has 1 N–H and O–H groups in total. The summed E-state index contributed by atoms with van der Waals surface area (Å²) in [5, 5.41) is 13.3. The third-order valence-electron chi connectivity index (χ3n) is 5.16. The van der Waals surface area contributed by atoms with Gasteiger partial charge in [0.25, 0.3) is 0 Å². The third-order valence-corrected chi connectivity index (χ3v) is 5.16. The number of carboxylic acid groups (broad SMARTS) is 1. The highest BCUT2D eigenvalue weighted by molar-refractivity contribution is 5.67. The van der Waals surface area contributed by atoms with Crippen LogP contribution in [-0.2, 0) is 24.4 Å². The van der Waals surface area contributed by atoms with Crippen molar-refractivity contribution >= 4 is 5.97 Å². The number of carboxylic acids is 1. The fourth-order valence-electron chi connectivity index (χ4n) is 3.41. The lowest BCUT2D eigenvalue weighted by Gasteiger charge is -2.06. The second-order valence-corrected chi connectivity index (χ2v) is 7.58. The number of hydrogen-bond acceptors (Lipinski definition) is 6. The summed E-state index contributed by atoms with van der Waals surface area (Å²) in [5.74, 6) is 1.64. The largest absolute Gasteiger partial charge is 0.487 e. The second-order valence-electron chi connectivity index (χ2n) is 7.58. The molecule has 0 aliphatic rings. The van der Waals surface area contributed by atoms with E-state index in [1.54, 1.807) is 4.68 Å². The molecular weight excluding hydrogens is 422 g/mol. The maximum atomic E-state index is 10.8. The maximum Gasteiger partial charge on any atom is 0.303 e. The molecule has 0 spiro atoms. The average Bonchev–Trinajstić information content (AvgIpc) is 3.40. The summed E-state index contributed by atoms with van der Waals surface area (Å²) in [6, 6.07) is 17.5. The summed E-state index contributed by atoms with van der Waals surface area (Å²) in [7, 11) is 1.53. The first-order chi connectivity index (χ1) is 16.0. The molecule has 0 saturated heterocycles. The predicted molar refractivity (Wildman–Crippen MR) is 121 cm³/mol. The first kappa shape index (κ1) is 22.1. The number of benzene rings is 2. The maximum absolute atomic E-state index is 10.8. The molecule has 0 amide bonds. The number of carbonyl (C=O) groups is 1. The predicted octanol–water partition coefficient (Wildman–Crippen LogP) is 4.50. The molecular formula is C25H25N3O5. The summed E-state index contributed by atoms with van der Waals surface area (Å²) >= 11 is 0. The van der Waals surface area contributed by atoms with Crippen LogP contribution in [0.5, 0.6) is 11.6 Å². The van der Waals surface area contributed by atoms with Crippen LogP contribution in [0.15, 0.2) is 65.2 Å². The molecule has 0 fully saturated rings. The van der Waals surface area contributed by atoms with Crippen LogP contribution >= 0.6 is 0 Å². The Hall–Kier alpha value is -4.07.